The average molecular weight is 390 g/mol. The maximum absolute atomic E-state index is 13.2. The number of aromatic nitrogens is 1. The highest BCUT2D eigenvalue weighted by Gasteiger charge is 2.34. The fourth-order valence-electron chi connectivity index (χ4n) is 3.33. The van der Waals surface area contributed by atoms with Crippen LogP contribution in [0.2, 0.25) is 0 Å². The molecule has 1 aromatic rings. The Labute approximate surface area is 159 Å². The highest BCUT2D eigenvalue weighted by molar-refractivity contribution is 7.13. The van der Waals surface area contributed by atoms with Crippen LogP contribution in [0, 0.1) is 0 Å². The van der Waals surface area contributed by atoms with Crippen molar-refractivity contribution >= 4 is 40.8 Å². The number of hydrogen-bond acceptors (Lipinski definition) is 5. The molecular weight excluding hydrogens is 362 g/mol. The summed E-state index contributed by atoms with van der Waals surface area (Å²) in [7, 11) is 0. The summed E-state index contributed by atoms with van der Waals surface area (Å²) in [4.78, 5) is 32.3. The van der Waals surface area contributed by atoms with Crippen LogP contribution in [0.4, 0.5) is 5.13 Å². The van der Waals surface area contributed by atoms with Gasteiger partial charge in [-0.25, -0.2) is 4.98 Å². The summed E-state index contributed by atoms with van der Waals surface area (Å²) in [6.45, 7) is 4.28. The Morgan fingerprint density at radius 2 is 2.04 bits per heavy atom. The predicted octanol–water partition coefficient (Wildman–Crippen LogP) is 3.42. The zero-order chi connectivity index (χ0) is 17.5. The van der Waals surface area contributed by atoms with E-state index in [1.807, 2.05) is 24.1 Å². The number of thiazole rings is 1. The fourth-order valence-corrected chi connectivity index (χ4v) is 4.05. The van der Waals surface area contributed by atoms with Crippen molar-refractivity contribution in [2.45, 2.75) is 64.5 Å². The minimum absolute atomic E-state index is 0. The molecule has 0 aromatic carbocycles. The van der Waals surface area contributed by atoms with Crippen LogP contribution in [0.5, 0.6) is 0 Å². The third kappa shape index (κ3) is 5.94. The van der Waals surface area contributed by atoms with Gasteiger partial charge in [0.25, 0.3) is 0 Å². The molecule has 1 heterocycles. The van der Waals surface area contributed by atoms with Gasteiger partial charge < -0.3 is 5.11 Å². The number of carbonyl (C=O) groups excluding carboxylic acids is 1. The number of aliphatic carboxylic acids is 1. The van der Waals surface area contributed by atoms with Crippen molar-refractivity contribution in [3.63, 3.8) is 0 Å². The number of carboxylic acid groups (broad SMARTS) is 1. The third-order valence-electron chi connectivity index (χ3n) is 4.56. The zero-order valence-electron chi connectivity index (χ0n) is 14.9. The number of nitrogens with zero attached hydrogens (tertiary/aromatic N) is 3. The lowest BCUT2D eigenvalue weighted by atomic mass is 9.94. The highest BCUT2D eigenvalue weighted by atomic mass is 35.5. The number of halogens is 1. The molecule has 1 aliphatic carbocycles. The molecule has 1 fully saturated rings. The summed E-state index contributed by atoms with van der Waals surface area (Å²) in [5.74, 6) is -0.937. The lowest BCUT2D eigenvalue weighted by Gasteiger charge is -2.36. The van der Waals surface area contributed by atoms with Gasteiger partial charge in [-0.2, -0.15) is 0 Å². The van der Waals surface area contributed by atoms with E-state index in [0.29, 0.717) is 6.54 Å². The number of rotatable bonds is 8. The monoisotopic (exact) mass is 389 g/mol. The van der Waals surface area contributed by atoms with Gasteiger partial charge in [-0.15, -0.1) is 23.7 Å². The maximum Gasteiger partial charge on any atom is 0.317 e. The Kier molecular flexibility index (Phi) is 9.38. The fraction of sp³-hybridized carbons (Fsp3) is 0.706. The average Bonchev–Trinajstić information content (AvgIpc) is 3.08. The van der Waals surface area contributed by atoms with E-state index < -0.39 is 12.0 Å². The largest absolute Gasteiger partial charge is 0.480 e. The highest BCUT2D eigenvalue weighted by Crippen LogP contribution is 2.29. The van der Waals surface area contributed by atoms with Crippen LogP contribution in [0.3, 0.4) is 0 Å². The summed E-state index contributed by atoms with van der Waals surface area (Å²) < 4.78 is 0. The Hall–Kier alpha value is -1.18. The van der Waals surface area contributed by atoms with Crippen LogP contribution >= 0.6 is 23.7 Å². The van der Waals surface area contributed by atoms with E-state index in [1.54, 1.807) is 11.1 Å². The lowest BCUT2D eigenvalue weighted by Crippen LogP contribution is -2.52. The van der Waals surface area contributed by atoms with Crippen LogP contribution in [-0.2, 0) is 9.59 Å². The second-order valence-electron chi connectivity index (χ2n) is 6.35. The molecule has 1 N–H and O–H groups in total. The molecule has 8 heteroatoms. The van der Waals surface area contributed by atoms with Crippen molar-refractivity contribution in [3.8, 4) is 0 Å². The standard InChI is InChI=1S/C17H27N3O3S.ClH/c1-3-10-19(12-15(21)22)13(2)16(23)20(17-18-9-11-24-17)14-7-5-4-6-8-14;/h9,11,13-14H,3-8,10,12H2,1-2H3,(H,21,22);1H. The molecule has 6 nitrogen and oxygen atoms in total. The van der Waals surface area contributed by atoms with E-state index in [-0.39, 0.29) is 30.9 Å². The zero-order valence-corrected chi connectivity index (χ0v) is 16.5. The van der Waals surface area contributed by atoms with E-state index in [2.05, 4.69) is 4.98 Å². The molecule has 1 aromatic heterocycles. The topological polar surface area (TPSA) is 73.7 Å². The van der Waals surface area contributed by atoms with Crippen LogP contribution < -0.4 is 4.90 Å². The molecule has 1 unspecified atom stereocenters. The SMILES string of the molecule is CCCN(CC(=O)O)C(C)C(=O)N(c1nccs1)C1CCCCC1.Cl. The second-order valence-corrected chi connectivity index (χ2v) is 7.23. The van der Waals surface area contributed by atoms with Crippen molar-refractivity contribution in [2.75, 3.05) is 18.0 Å². The van der Waals surface area contributed by atoms with Gasteiger partial charge in [0.15, 0.2) is 5.13 Å². The quantitative estimate of drug-likeness (QED) is 0.737. The van der Waals surface area contributed by atoms with Crippen LogP contribution in [0.1, 0.15) is 52.4 Å². The van der Waals surface area contributed by atoms with Gasteiger partial charge >= 0.3 is 5.97 Å². The Morgan fingerprint density at radius 3 is 2.56 bits per heavy atom. The minimum Gasteiger partial charge on any atom is -0.480 e. The molecule has 1 aliphatic rings. The predicted molar refractivity (Wildman–Crippen MR) is 103 cm³/mol. The minimum atomic E-state index is -0.901. The third-order valence-corrected chi connectivity index (χ3v) is 5.33. The first-order chi connectivity index (χ1) is 11.5. The summed E-state index contributed by atoms with van der Waals surface area (Å²) in [6.07, 6.45) is 7.98. The van der Waals surface area contributed by atoms with Gasteiger partial charge in [0.05, 0.1) is 12.6 Å². The van der Waals surface area contributed by atoms with Gasteiger partial charge in [-0.1, -0.05) is 26.2 Å². The Bertz CT molecular complexity index is 535. The molecule has 2 rings (SSSR count). The van der Waals surface area contributed by atoms with Crippen LogP contribution in [0.25, 0.3) is 0 Å². The number of carboxylic acids is 1. The Balaban J connectivity index is 0.00000312. The smallest absolute Gasteiger partial charge is 0.317 e. The molecular formula is C17H28ClN3O3S. The van der Waals surface area contributed by atoms with E-state index in [9.17, 15) is 9.59 Å². The summed E-state index contributed by atoms with van der Waals surface area (Å²) in [5.41, 5.74) is 0. The molecule has 25 heavy (non-hydrogen) atoms. The normalized spacial score (nSPS) is 16.3. The van der Waals surface area contributed by atoms with Crippen molar-refractivity contribution in [1.29, 1.82) is 0 Å². The van der Waals surface area contributed by atoms with Crippen molar-refractivity contribution < 1.29 is 14.7 Å². The van der Waals surface area contributed by atoms with E-state index in [1.165, 1.54) is 17.8 Å². The molecule has 0 spiro atoms. The van der Waals surface area contributed by atoms with Gasteiger partial charge in [-0.3, -0.25) is 19.4 Å². The van der Waals surface area contributed by atoms with Gasteiger partial charge in [0.2, 0.25) is 5.91 Å². The first-order valence-electron chi connectivity index (χ1n) is 8.73. The molecule has 0 radical (unpaired) electrons. The summed E-state index contributed by atoms with van der Waals surface area (Å²) in [6, 6.07) is -0.292. The summed E-state index contributed by atoms with van der Waals surface area (Å²) >= 11 is 1.47. The van der Waals surface area contributed by atoms with Gasteiger partial charge in [0, 0.05) is 17.6 Å². The Morgan fingerprint density at radius 1 is 1.36 bits per heavy atom. The van der Waals surface area contributed by atoms with Gasteiger partial charge in [-0.05, 0) is 32.7 Å². The van der Waals surface area contributed by atoms with E-state index in [0.717, 1.165) is 37.2 Å². The molecule has 1 atom stereocenters. The number of anilines is 1. The molecule has 1 amide bonds. The van der Waals surface area contributed by atoms with Crippen LogP contribution in [-0.4, -0.2) is 52.0 Å². The number of hydrogen-bond donors (Lipinski definition) is 1. The first-order valence-corrected chi connectivity index (χ1v) is 9.61. The molecule has 142 valence electrons. The molecule has 0 saturated heterocycles. The lowest BCUT2D eigenvalue weighted by molar-refractivity contribution is -0.139. The van der Waals surface area contributed by atoms with Crippen molar-refractivity contribution in [3.05, 3.63) is 11.6 Å². The van der Waals surface area contributed by atoms with Crippen molar-refractivity contribution in [1.82, 2.24) is 9.88 Å². The second kappa shape index (κ2) is 10.7. The summed E-state index contributed by atoms with van der Waals surface area (Å²) in [5, 5.41) is 11.7. The van der Waals surface area contributed by atoms with Crippen LogP contribution in [0.15, 0.2) is 11.6 Å². The van der Waals surface area contributed by atoms with E-state index in [4.69, 9.17) is 5.11 Å². The number of amides is 1. The molecule has 0 bridgehead atoms. The number of carbonyl (C=O) groups is 2. The van der Waals surface area contributed by atoms with E-state index >= 15 is 0 Å². The first kappa shape index (κ1) is 21.9. The molecule has 1 saturated carbocycles. The van der Waals surface area contributed by atoms with Crippen molar-refractivity contribution in [2.24, 2.45) is 0 Å². The van der Waals surface area contributed by atoms with Gasteiger partial charge in [0.1, 0.15) is 0 Å². The molecule has 0 aliphatic heterocycles. The maximum atomic E-state index is 13.2.